The van der Waals surface area contributed by atoms with E-state index in [0.717, 1.165) is 61.0 Å². The van der Waals surface area contributed by atoms with Crippen LogP contribution in [0.3, 0.4) is 0 Å². The Labute approximate surface area is 263 Å². The Balaban J connectivity index is 1.22. The normalized spacial score (nSPS) is 21.3. The maximum absolute atomic E-state index is 14.4. The largest absolute Gasteiger partial charge is 0.347 e. The van der Waals surface area contributed by atoms with Crippen molar-refractivity contribution in [3.05, 3.63) is 118 Å². The number of likely N-dealkylation sites (N-methyl/N-ethyl adjacent to an activating group) is 1. The van der Waals surface area contributed by atoms with Gasteiger partial charge in [-0.25, -0.2) is 0 Å². The van der Waals surface area contributed by atoms with Crippen LogP contribution in [0.5, 0.6) is 0 Å². The first-order chi connectivity index (χ1) is 20.7. The first-order valence-corrected chi connectivity index (χ1v) is 15.7. The van der Waals surface area contributed by atoms with Crippen molar-refractivity contribution in [2.45, 2.75) is 43.7 Å². The molecule has 2 amide bonds. The van der Waals surface area contributed by atoms with Crippen molar-refractivity contribution in [1.29, 1.82) is 0 Å². The Morgan fingerprint density at radius 3 is 2.30 bits per heavy atom. The van der Waals surface area contributed by atoms with E-state index in [1.807, 2.05) is 54.4 Å². The van der Waals surface area contributed by atoms with Crippen LogP contribution in [0.15, 0.2) is 91.0 Å². The molecule has 0 aromatic heterocycles. The second-order valence-corrected chi connectivity index (χ2v) is 13.0. The molecule has 1 N–H and O–H groups in total. The van der Waals surface area contributed by atoms with E-state index < -0.39 is 5.41 Å². The Bertz CT molecular complexity index is 1650. The zero-order valence-electron chi connectivity index (χ0n) is 24.7. The Kier molecular flexibility index (Phi) is 8.25. The minimum absolute atomic E-state index is 0.0158. The molecular weight excluding hydrogens is 577 g/mol. The molecule has 0 radical (unpaired) electrons. The monoisotopic (exact) mass is 613 g/mol. The van der Waals surface area contributed by atoms with Gasteiger partial charge in [-0.05, 0) is 64.8 Å². The lowest BCUT2D eigenvalue weighted by Gasteiger charge is -2.43. The van der Waals surface area contributed by atoms with Gasteiger partial charge in [-0.1, -0.05) is 102 Å². The van der Waals surface area contributed by atoms with Crippen LogP contribution in [0.1, 0.15) is 42.9 Å². The van der Waals surface area contributed by atoms with E-state index in [1.165, 1.54) is 5.39 Å². The average molecular weight is 615 g/mol. The number of fused-ring (bicyclic) bond motifs is 1. The number of likely N-dealkylation sites (tertiary alicyclic amines) is 1. The molecule has 222 valence electrons. The van der Waals surface area contributed by atoms with Gasteiger partial charge in [0.05, 0.1) is 21.0 Å². The van der Waals surface area contributed by atoms with E-state index in [2.05, 4.69) is 52.7 Å². The molecule has 4 aromatic carbocycles. The standard InChI is InChI=1S/C36H37Cl2N3O2/c1-25(42)39-35(28-12-4-3-5-13-28)17-19-41(20-18-35)24-30-22-36(30,29-15-16-32(37)33(38)21-29)34(43)40(2)23-27-11-8-10-26-9-6-7-14-31(26)27/h3-16,21,30H,17-20,22-24H2,1-2H3,(H,39,42)/t30-,36+/m0/s1. The highest BCUT2D eigenvalue weighted by molar-refractivity contribution is 6.42. The number of carbonyl (C=O) groups excluding carboxylic acids is 2. The summed E-state index contributed by atoms with van der Waals surface area (Å²) in [5, 5.41) is 6.55. The summed E-state index contributed by atoms with van der Waals surface area (Å²) in [7, 11) is 1.90. The minimum Gasteiger partial charge on any atom is -0.347 e. The van der Waals surface area contributed by atoms with Crippen LogP contribution >= 0.6 is 23.2 Å². The molecule has 4 aromatic rings. The lowest BCUT2D eigenvalue weighted by molar-refractivity contribution is -0.133. The molecular formula is C36H37Cl2N3O2. The van der Waals surface area contributed by atoms with Gasteiger partial charge in [0.1, 0.15) is 0 Å². The van der Waals surface area contributed by atoms with E-state index in [0.29, 0.717) is 16.6 Å². The van der Waals surface area contributed by atoms with E-state index >= 15 is 0 Å². The predicted octanol–water partition coefficient (Wildman–Crippen LogP) is 7.19. The molecule has 6 rings (SSSR count). The van der Waals surface area contributed by atoms with Crippen molar-refractivity contribution in [1.82, 2.24) is 15.1 Å². The van der Waals surface area contributed by atoms with Gasteiger partial charge in [-0.2, -0.15) is 0 Å². The molecule has 0 unspecified atom stereocenters. The highest BCUT2D eigenvalue weighted by Crippen LogP contribution is 2.57. The second-order valence-electron chi connectivity index (χ2n) is 12.2. The number of halogens is 2. The van der Waals surface area contributed by atoms with E-state index in [4.69, 9.17) is 23.2 Å². The minimum atomic E-state index is -0.654. The third-order valence-corrected chi connectivity index (χ3v) is 10.2. The van der Waals surface area contributed by atoms with Gasteiger partial charge in [-0.15, -0.1) is 0 Å². The molecule has 2 atom stereocenters. The Morgan fingerprint density at radius 2 is 1.58 bits per heavy atom. The zero-order chi connectivity index (χ0) is 30.2. The predicted molar refractivity (Wildman–Crippen MR) is 174 cm³/mol. The quantitative estimate of drug-likeness (QED) is 0.229. The summed E-state index contributed by atoms with van der Waals surface area (Å²) in [4.78, 5) is 30.9. The molecule has 1 saturated carbocycles. The van der Waals surface area contributed by atoms with Crippen LogP contribution in [-0.4, -0.2) is 48.3 Å². The van der Waals surface area contributed by atoms with Gasteiger partial charge >= 0.3 is 0 Å². The first kappa shape index (κ1) is 29.7. The number of nitrogens with zero attached hydrogens (tertiary/aromatic N) is 2. The number of piperidine rings is 1. The van der Waals surface area contributed by atoms with Crippen molar-refractivity contribution < 1.29 is 9.59 Å². The molecule has 1 saturated heterocycles. The van der Waals surface area contributed by atoms with Crippen LogP contribution in [0.2, 0.25) is 10.0 Å². The fourth-order valence-electron chi connectivity index (χ4n) is 7.17. The number of rotatable bonds is 8. The van der Waals surface area contributed by atoms with Crippen molar-refractivity contribution in [3.63, 3.8) is 0 Å². The maximum atomic E-state index is 14.4. The van der Waals surface area contributed by atoms with Gasteiger partial charge in [0.25, 0.3) is 0 Å². The second kappa shape index (κ2) is 12.0. The number of hydrogen-bond donors (Lipinski definition) is 1. The highest BCUT2D eigenvalue weighted by atomic mass is 35.5. The molecule has 7 heteroatoms. The summed E-state index contributed by atoms with van der Waals surface area (Å²) in [6.45, 7) is 4.59. The molecule has 43 heavy (non-hydrogen) atoms. The van der Waals surface area contributed by atoms with Gasteiger partial charge in [0.2, 0.25) is 11.8 Å². The summed E-state index contributed by atoms with van der Waals surface area (Å²) < 4.78 is 0. The molecule has 0 spiro atoms. The summed E-state index contributed by atoms with van der Waals surface area (Å²) >= 11 is 12.8. The molecule has 1 heterocycles. The average Bonchev–Trinajstić information content (AvgIpc) is 3.74. The smallest absolute Gasteiger partial charge is 0.233 e. The Hall–Kier alpha value is -3.38. The van der Waals surface area contributed by atoms with Crippen molar-refractivity contribution in [2.24, 2.45) is 5.92 Å². The summed E-state index contributed by atoms with van der Waals surface area (Å²) in [5.41, 5.74) is 2.17. The van der Waals surface area contributed by atoms with Crippen LogP contribution in [0.4, 0.5) is 0 Å². The van der Waals surface area contributed by atoms with E-state index in [-0.39, 0.29) is 23.3 Å². The van der Waals surface area contributed by atoms with Gasteiger partial charge < -0.3 is 15.1 Å². The van der Waals surface area contributed by atoms with Gasteiger partial charge in [0.15, 0.2) is 0 Å². The molecule has 1 aliphatic carbocycles. The molecule has 0 bridgehead atoms. The lowest BCUT2D eigenvalue weighted by atomic mass is 9.80. The fourth-order valence-corrected chi connectivity index (χ4v) is 7.47. The van der Waals surface area contributed by atoms with Crippen LogP contribution in [-0.2, 0) is 27.1 Å². The molecule has 2 fully saturated rings. The Morgan fingerprint density at radius 1 is 0.884 bits per heavy atom. The highest BCUT2D eigenvalue weighted by Gasteiger charge is 2.62. The zero-order valence-corrected chi connectivity index (χ0v) is 26.2. The van der Waals surface area contributed by atoms with Gasteiger partial charge in [0, 0.05) is 40.2 Å². The third-order valence-electron chi connectivity index (χ3n) is 9.49. The maximum Gasteiger partial charge on any atom is 0.233 e. The summed E-state index contributed by atoms with van der Waals surface area (Å²) in [5.74, 6) is 0.243. The van der Waals surface area contributed by atoms with Gasteiger partial charge in [-0.3, -0.25) is 9.59 Å². The lowest BCUT2D eigenvalue weighted by Crippen LogP contribution is -2.53. The van der Waals surface area contributed by atoms with E-state index in [1.54, 1.807) is 13.0 Å². The molecule has 1 aliphatic heterocycles. The molecule has 2 aliphatic rings. The number of hydrogen-bond acceptors (Lipinski definition) is 3. The third kappa shape index (κ3) is 5.78. The van der Waals surface area contributed by atoms with Crippen LogP contribution < -0.4 is 5.32 Å². The topological polar surface area (TPSA) is 52.7 Å². The number of amides is 2. The summed E-state index contributed by atoms with van der Waals surface area (Å²) in [6, 6.07) is 30.5. The van der Waals surface area contributed by atoms with Crippen LogP contribution in [0.25, 0.3) is 10.8 Å². The SMILES string of the molecule is CC(=O)NC1(c2ccccc2)CCN(C[C@@H]2C[C@@]2(C(=O)N(C)Cc2cccc3ccccc23)c2ccc(Cl)c(Cl)c2)CC1. The number of benzene rings is 4. The number of carbonyl (C=O) groups is 2. The molecule has 5 nitrogen and oxygen atoms in total. The fraction of sp³-hybridized carbons (Fsp3) is 0.333. The number of nitrogens with one attached hydrogen (secondary N) is 1. The van der Waals surface area contributed by atoms with Crippen LogP contribution in [0, 0.1) is 5.92 Å². The van der Waals surface area contributed by atoms with Crippen molar-refractivity contribution >= 4 is 45.8 Å². The summed E-state index contributed by atoms with van der Waals surface area (Å²) in [6.07, 6.45) is 2.39. The van der Waals surface area contributed by atoms with Crippen molar-refractivity contribution in [2.75, 3.05) is 26.7 Å². The van der Waals surface area contributed by atoms with Crippen molar-refractivity contribution in [3.8, 4) is 0 Å². The first-order valence-electron chi connectivity index (χ1n) is 15.0. The van der Waals surface area contributed by atoms with E-state index in [9.17, 15) is 9.59 Å².